The first-order chi connectivity index (χ1) is 11.0. The van der Waals surface area contributed by atoms with Gasteiger partial charge < -0.3 is 15.3 Å². The summed E-state index contributed by atoms with van der Waals surface area (Å²) in [7, 11) is 0. The van der Waals surface area contributed by atoms with Crippen LogP contribution < -0.4 is 5.32 Å². The second-order valence-electron chi connectivity index (χ2n) is 6.44. The number of carbonyl (C=O) groups is 1. The van der Waals surface area contributed by atoms with Gasteiger partial charge in [0.15, 0.2) is 0 Å². The SMILES string of the molecule is CCC(O)(CC)CN1CCC(NC(=O)c2ccccc2F)CC1. The third kappa shape index (κ3) is 4.75. The molecule has 1 saturated heterocycles. The van der Waals surface area contributed by atoms with Crippen molar-refractivity contribution in [2.45, 2.75) is 51.2 Å². The zero-order valence-corrected chi connectivity index (χ0v) is 14.0. The molecule has 0 atom stereocenters. The number of likely N-dealkylation sites (tertiary alicyclic amines) is 1. The molecular weight excluding hydrogens is 295 g/mol. The molecule has 1 amide bonds. The maximum absolute atomic E-state index is 13.6. The van der Waals surface area contributed by atoms with E-state index in [9.17, 15) is 14.3 Å². The lowest BCUT2D eigenvalue weighted by atomic mass is 9.95. The number of hydrogen-bond donors (Lipinski definition) is 2. The van der Waals surface area contributed by atoms with Gasteiger partial charge in [0.1, 0.15) is 5.82 Å². The number of aliphatic hydroxyl groups is 1. The van der Waals surface area contributed by atoms with Gasteiger partial charge in [-0.25, -0.2) is 4.39 Å². The van der Waals surface area contributed by atoms with Crippen LogP contribution >= 0.6 is 0 Å². The summed E-state index contributed by atoms with van der Waals surface area (Å²) in [5.74, 6) is -0.835. The van der Waals surface area contributed by atoms with Crippen LogP contribution in [0, 0.1) is 5.82 Å². The molecule has 2 rings (SSSR count). The van der Waals surface area contributed by atoms with Gasteiger partial charge >= 0.3 is 0 Å². The fraction of sp³-hybridized carbons (Fsp3) is 0.611. The van der Waals surface area contributed by atoms with Gasteiger partial charge in [-0.1, -0.05) is 26.0 Å². The standard InChI is InChI=1S/C18H27FN2O2/c1-3-18(23,4-2)13-21-11-9-14(10-12-21)20-17(22)15-7-5-6-8-16(15)19/h5-8,14,23H,3-4,9-13H2,1-2H3,(H,20,22). The molecule has 0 aliphatic carbocycles. The summed E-state index contributed by atoms with van der Waals surface area (Å²) >= 11 is 0. The van der Waals surface area contributed by atoms with Gasteiger partial charge in [-0.3, -0.25) is 4.79 Å². The zero-order valence-electron chi connectivity index (χ0n) is 14.0. The first-order valence-corrected chi connectivity index (χ1v) is 8.47. The Morgan fingerprint density at radius 1 is 1.30 bits per heavy atom. The van der Waals surface area contributed by atoms with E-state index in [0.717, 1.165) is 38.8 Å². The average molecular weight is 322 g/mol. The van der Waals surface area contributed by atoms with E-state index in [-0.39, 0.29) is 17.5 Å². The molecule has 23 heavy (non-hydrogen) atoms. The Morgan fingerprint density at radius 2 is 1.91 bits per heavy atom. The zero-order chi connectivity index (χ0) is 16.9. The topological polar surface area (TPSA) is 52.6 Å². The minimum atomic E-state index is -0.622. The summed E-state index contributed by atoms with van der Waals surface area (Å²) < 4.78 is 13.6. The Kier molecular flexibility index (Phi) is 6.13. The van der Waals surface area contributed by atoms with Crippen molar-refractivity contribution in [2.24, 2.45) is 0 Å². The molecular formula is C18H27FN2O2. The lowest BCUT2D eigenvalue weighted by molar-refractivity contribution is -0.00974. The third-order valence-corrected chi connectivity index (χ3v) is 4.88. The molecule has 128 valence electrons. The average Bonchev–Trinajstić information content (AvgIpc) is 2.57. The number of nitrogens with one attached hydrogen (secondary N) is 1. The van der Waals surface area contributed by atoms with Gasteiger partial charge in [0.2, 0.25) is 0 Å². The van der Waals surface area contributed by atoms with Crippen LogP contribution in [-0.4, -0.2) is 47.2 Å². The van der Waals surface area contributed by atoms with E-state index < -0.39 is 11.4 Å². The highest BCUT2D eigenvalue weighted by atomic mass is 19.1. The third-order valence-electron chi connectivity index (χ3n) is 4.88. The monoisotopic (exact) mass is 322 g/mol. The van der Waals surface area contributed by atoms with E-state index in [4.69, 9.17) is 0 Å². The Balaban J connectivity index is 1.83. The predicted octanol–water partition coefficient (Wildman–Crippen LogP) is 2.57. The molecule has 0 aromatic heterocycles. The first kappa shape index (κ1) is 17.9. The maximum atomic E-state index is 13.6. The molecule has 0 unspecified atom stereocenters. The highest BCUT2D eigenvalue weighted by Crippen LogP contribution is 2.20. The largest absolute Gasteiger partial charge is 0.389 e. The van der Waals surface area contributed by atoms with Crippen molar-refractivity contribution >= 4 is 5.91 Å². The van der Waals surface area contributed by atoms with Crippen LogP contribution in [-0.2, 0) is 0 Å². The van der Waals surface area contributed by atoms with E-state index in [2.05, 4.69) is 10.2 Å². The molecule has 1 aromatic carbocycles. The van der Waals surface area contributed by atoms with Gasteiger partial charge in [0, 0.05) is 25.7 Å². The van der Waals surface area contributed by atoms with Crippen LogP contribution in [0.4, 0.5) is 4.39 Å². The Hall–Kier alpha value is -1.46. The number of β-amino-alcohol motifs (C(OH)–C–C–N with tert-alkyl or cyclic N) is 1. The summed E-state index contributed by atoms with van der Waals surface area (Å²) in [4.78, 5) is 14.4. The maximum Gasteiger partial charge on any atom is 0.254 e. The Bertz CT molecular complexity index is 524. The summed E-state index contributed by atoms with van der Waals surface area (Å²) in [6.07, 6.45) is 3.13. The van der Waals surface area contributed by atoms with Gasteiger partial charge in [-0.05, 0) is 37.8 Å². The van der Waals surface area contributed by atoms with E-state index in [0.29, 0.717) is 6.54 Å². The van der Waals surface area contributed by atoms with Crippen molar-refractivity contribution in [1.82, 2.24) is 10.2 Å². The molecule has 4 nitrogen and oxygen atoms in total. The van der Waals surface area contributed by atoms with E-state index >= 15 is 0 Å². The summed E-state index contributed by atoms with van der Waals surface area (Å²) in [5.41, 5.74) is -0.523. The minimum absolute atomic E-state index is 0.0645. The lowest BCUT2D eigenvalue weighted by Crippen LogP contribution is -2.49. The molecule has 0 saturated carbocycles. The van der Waals surface area contributed by atoms with Crippen molar-refractivity contribution in [1.29, 1.82) is 0 Å². The van der Waals surface area contributed by atoms with Crippen LogP contribution in [0.1, 0.15) is 49.9 Å². The van der Waals surface area contributed by atoms with Crippen LogP contribution in [0.3, 0.4) is 0 Å². The van der Waals surface area contributed by atoms with Crippen LogP contribution in [0.15, 0.2) is 24.3 Å². The number of benzene rings is 1. The number of carbonyl (C=O) groups excluding carboxylic acids is 1. The summed E-state index contributed by atoms with van der Waals surface area (Å²) in [6.45, 7) is 6.36. The molecule has 2 N–H and O–H groups in total. The van der Waals surface area contributed by atoms with Gasteiger partial charge in [-0.2, -0.15) is 0 Å². The highest BCUT2D eigenvalue weighted by Gasteiger charge is 2.29. The molecule has 1 fully saturated rings. The lowest BCUT2D eigenvalue weighted by Gasteiger charge is -2.37. The Morgan fingerprint density at radius 3 is 2.48 bits per heavy atom. The van der Waals surface area contributed by atoms with Crippen LogP contribution in [0.5, 0.6) is 0 Å². The fourth-order valence-corrected chi connectivity index (χ4v) is 3.03. The fourth-order valence-electron chi connectivity index (χ4n) is 3.03. The minimum Gasteiger partial charge on any atom is -0.389 e. The molecule has 1 aliphatic rings. The summed E-state index contributed by atoms with van der Waals surface area (Å²) in [5, 5.41) is 13.3. The number of hydrogen-bond acceptors (Lipinski definition) is 3. The van der Waals surface area contributed by atoms with E-state index in [1.807, 2.05) is 13.8 Å². The number of amides is 1. The van der Waals surface area contributed by atoms with Gasteiger partial charge in [-0.15, -0.1) is 0 Å². The molecule has 0 bridgehead atoms. The van der Waals surface area contributed by atoms with E-state index in [1.54, 1.807) is 12.1 Å². The number of rotatable bonds is 6. The molecule has 0 spiro atoms. The van der Waals surface area contributed by atoms with Crippen molar-refractivity contribution < 1.29 is 14.3 Å². The number of halogens is 1. The van der Waals surface area contributed by atoms with Crippen LogP contribution in [0.2, 0.25) is 0 Å². The van der Waals surface area contributed by atoms with Crippen molar-refractivity contribution in [3.63, 3.8) is 0 Å². The summed E-state index contributed by atoms with van der Waals surface area (Å²) in [6, 6.07) is 6.11. The highest BCUT2D eigenvalue weighted by molar-refractivity contribution is 5.94. The molecule has 0 radical (unpaired) electrons. The molecule has 1 aliphatic heterocycles. The first-order valence-electron chi connectivity index (χ1n) is 8.47. The molecule has 5 heteroatoms. The smallest absolute Gasteiger partial charge is 0.254 e. The Labute approximate surface area is 137 Å². The van der Waals surface area contributed by atoms with Crippen LogP contribution in [0.25, 0.3) is 0 Å². The second kappa shape index (κ2) is 7.88. The number of piperidine rings is 1. The van der Waals surface area contributed by atoms with E-state index in [1.165, 1.54) is 12.1 Å². The predicted molar refractivity (Wildman–Crippen MR) is 88.9 cm³/mol. The quantitative estimate of drug-likeness (QED) is 0.846. The normalized spacial score (nSPS) is 17.2. The van der Waals surface area contributed by atoms with Crippen molar-refractivity contribution in [2.75, 3.05) is 19.6 Å². The van der Waals surface area contributed by atoms with Gasteiger partial charge in [0.25, 0.3) is 5.91 Å². The van der Waals surface area contributed by atoms with Crippen molar-refractivity contribution in [3.05, 3.63) is 35.6 Å². The molecule has 1 heterocycles. The molecule has 1 aromatic rings. The second-order valence-corrected chi connectivity index (χ2v) is 6.44. The van der Waals surface area contributed by atoms with Crippen molar-refractivity contribution in [3.8, 4) is 0 Å². The number of nitrogens with zero attached hydrogens (tertiary/aromatic N) is 1. The van der Waals surface area contributed by atoms with Gasteiger partial charge in [0.05, 0.1) is 11.2 Å².